The predicted octanol–water partition coefficient (Wildman–Crippen LogP) is 2.56. The minimum absolute atomic E-state index is 0.0209. The number of aliphatic hydroxyl groups is 1. The summed E-state index contributed by atoms with van der Waals surface area (Å²) in [6, 6.07) is 6.27. The lowest BCUT2D eigenvalue weighted by Crippen LogP contribution is -2.45. The van der Waals surface area contributed by atoms with Crippen LogP contribution in [0, 0.1) is 5.92 Å². The van der Waals surface area contributed by atoms with E-state index in [1.165, 1.54) is 0 Å². The predicted molar refractivity (Wildman–Crippen MR) is 80.4 cm³/mol. The highest BCUT2D eigenvalue weighted by Crippen LogP contribution is 2.18. The van der Waals surface area contributed by atoms with Gasteiger partial charge in [-0.15, -0.1) is 0 Å². The molecule has 0 heterocycles. The van der Waals surface area contributed by atoms with Crippen LogP contribution < -0.4 is 15.4 Å². The topological polar surface area (TPSA) is 70.6 Å². The van der Waals surface area contributed by atoms with Gasteiger partial charge in [-0.05, 0) is 25.0 Å². The molecule has 1 aromatic carbocycles. The number of nitrogens with one attached hydrogen (secondary N) is 2. The largest absolute Gasteiger partial charge is 0.491 e. The average molecular weight is 298 g/mol. The Labute approximate surface area is 124 Å². The van der Waals surface area contributed by atoms with Crippen molar-refractivity contribution in [3.63, 3.8) is 0 Å². The maximum absolute atomic E-state index is 12.0. The molecule has 6 heteroatoms. The third-order valence-corrected chi connectivity index (χ3v) is 3.29. The molecule has 0 saturated heterocycles. The van der Waals surface area contributed by atoms with Crippen LogP contribution in [0.3, 0.4) is 0 Å². The first kappa shape index (κ1) is 17.2. The fourth-order valence-corrected chi connectivity index (χ4v) is 1.46. The molecule has 118 valence electrons. The van der Waals surface area contributed by atoms with Crippen molar-refractivity contribution in [2.24, 2.45) is 5.92 Å². The minimum atomic E-state index is -0.969. The first-order chi connectivity index (χ1) is 9.85. The smallest absolute Gasteiger partial charge is 0.319 e. The van der Waals surface area contributed by atoms with E-state index in [1.54, 1.807) is 31.2 Å². The molecule has 21 heavy (non-hydrogen) atoms. The van der Waals surface area contributed by atoms with Gasteiger partial charge in [-0.1, -0.05) is 19.9 Å². The molecule has 1 atom stereocenters. The molecule has 0 bridgehead atoms. The summed E-state index contributed by atoms with van der Waals surface area (Å²) in [6.07, 6.45) is 0. The number of carbonyl (C=O) groups is 1. The number of ether oxygens (including phenoxy) is 1. The van der Waals surface area contributed by atoms with E-state index in [0.29, 0.717) is 11.4 Å². The standard InChI is InChI=1S/C15H23FN2O3/c1-11(2)15(3,20)10-17-14(19)18-12-5-4-6-13(9-12)21-8-7-16/h4-6,9,11,20H,7-8,10H2,1-3H3,(H2,17,18,19). The highest BCUT2D eigenvalue weighted by molar-refractivity contribution is 5.89. The molecule has 0 aliphatic rings. The van der Waals surface area contributed by atoms with Crippen LogP contribution in [0.2, 0.25) is 0 Å². The molecular weight excluding hydrogens is 275 g/mol. The lowest BCUT2D eigenvalue weighted by Gasteiger charge is -2.27. The van der Waals surface area contributed by atoms with Crippen LogP contribution >= 0.6 is 0 Å². The molecule has 0 spiro atoms. The Bertz CT molecular complexity index is 464. The zero-order chi connectivity index (χ0) is 15.9. The summed E-state index contributed by atoms with van der Waals surface area (Å²) in [7, 11) is 0. The number of hydrogen-bond acceptors (Lipinski definition) is 3. The van der Waals surface area contributed by atoms with Gasteiger partial charge in [0.1, 0.15) is 19.0 Å². The number of urea groups is 1. The van der Waals surface area contributed by atoms with Crippen molar-refractivity contribution >= 4 is 11.7 Å². The van der Waals surface area contributed by atoms with Crippen molar-refractivity contribution in [1.82, 2.24) is 5.32 Å². The van der Waals surface area contributed by atoms with E-state index in [9.17, 15) is 14.3 Å². The zero-order valence-electron chi connectivity index (χ0n) is 12.6. The first-order valence-electron chi connectivity index (χ1n) is 6.91. The maximum Gasteiger partial charge on any atom is 0.319 e. The van der Waals surface area contributed by atoms with Crippen LogP contribution in [-0.4, -0.2) is 36.6 Å². The van der Waals surface area contributed by atoms with Gasteiger partial charge in [0.25, 0.3) is 0 Å². The van der Waals surface area contributed by atoms with Gasteiger partial charge >= 0.3 is 6.03 Å². The SMILES string of the molecule is CC(C)C(C)(O)CNC(=O)Nc1cccc(OCCF)c1. The van der Waals surface area contributed by atoms with E-state index in [-0.39, 0.29) is 19.1 Å². The van der Waals surface area contributed by atoms with Crippen molar-refractivity contribution in [1.29, 1.82) is 0 Å². The highest BCUT2D eigenvalue weighted by Gasteiger charge is 2.25. The molecule has 1 rings (SSSR count). The van der Waals surface area contributed by atoms with Crippen LogP contribution in [0.5, 0.6) is 5.75 Å². The van der Waals surface area contributed by atoms with Gasteiger partial charge in [0.2, 0.25) is 0 Å². The Hall–Kier alpha value is -1.82. The third kappa shape index (κ3) is 5.99. The number of alkyl halides is 1. The van der Waals surface area contributed by atoms with Gasteiger partial charge in [-0.25, -0.2) is 9.18 Å². The van der Waals surface area contributed by atoms with Crippen molar-refractivity contribution in [3.8, 4) is 5.75 Å². The fourth-order valence-electron chi connectivity index (χ4n) is 1.46. The van der Waals surface area contributed by atoms with Crippen molar-refractivity contribution < 1.29 is 19.0 Å². The van der Waals surface area contributed by atoms with E-state index in [4.69, 9.17) is 4.74 Å². The number of carbonyl (C=O) groups excluding carboxylic acids is 1. The number of rotatable bonds is 7. The Morgan fingerprint density at radius 3 is 2.81 bits per heavy atom. The maximum atomic E-state index is 12.0. The second-order valence-electron chi connectivity index (χ2n) is 5.38. The van der Waals surface area contributed by atoms with Gasteiger partial charge in [0.15, 0.2) is 0 Å². The van der Waals surface area contributed by atoms with Gasteiger partial charge in [-0.3, -0.25) is 0 Å². The molecule has 0 aromatic heterocycles. The van der Waals surface area contributed by atoms with Crippen LogP contribution in [0.25, 0.3) is 0 Å². The molecule has 0 aliphatic heterocycles. The molecule has 1 unspecified atom stereocenters. The Balaban J connectivity index is 2.51. The van der Waals surface area contributed by atoms with Crippen molar-refractivity contribution in [2.45, 2.75) is 26.4 Å². The number of amides is 2. The molecule has 5 nitrogen and oxygen atoms in total. The lowest BCUT2D eigenvalue weighted by atomic mass is 9.93. The summed E-state index contributed by atoms with van der Waals surface area (Å²) >= 11 is 0. The van der Waals surface area contributed by atoms with E-state index in [0.717, 1.165) is 0 Å². The average Bonchev–Trinajstić information content (AvgIpc) is 2.43. The quantitative estimate of drug-likeness (QED) is 0.724. The molecular formula is C15H23FN2O3. The molecule has 0 saturated carbocycles. The van der Waals surface area contributed by atoms with E-state index >= 15 is 0 Å². The zero-order valence-corrected chi connectivity index (χ0v) is 12.6. The Kier molecular flexibility index (Phi) is 6.42. The fraction of sp³-hybridized carbons (Fsp3) is 0.533. The van der Waals surface area contributed by atoms with Crippen LogP contribution in [-0.2, 0) is 0 Å². The third-order valence-electron chi connectivity index (χ3n) is 3.29. The molecule has 1 aromatic rings. The summed E-state index contributed by atoms with van der Waals surface area (Å²) < 4.78 is 17.2. The van der Waals surface area contributed by atoms with Gasteiger partial charge in [0, 0.05) is 18.3 Å². The van der Waals surface area contributed by atoms with Crippen molar-refractivity contribution in [3.05, 3.63) is 24.3 Å². The normalized spacial score (nSPS) is 13.6. The number of halogens is 1. The summed E-state index contributed by atoms with van der Waals surface area (Å²) in [5, 5.41) is 15.3. The highest BCUT2D eigenvalue weighted by atomic mass is 19.1. The number of benzene rings is 1. The molecule has 0 fully saturated rings. The van der Waals surface area contributed by atoms with Gasteiger partial charge in [-0.2, -0.15) is 0 Å². The van der Waals surface area contributed by atoms with E-state index in [2.05, 4.69) is 10.6 Å². The first-order valence-corrected chi connectivity index (χ1v) is 6.91. The minimum Gasteiger partial charge on any atom is -0.491 e. The molecule has 2 amide bonds. The number of anilines is 1. The second-order valence-corrected chi connectivity index (χ2v) is 5.38. The van der Waals surface area contributed by atoms with E-state index in [1.807, 2.05) is 13.8 Å². The molecule has 0 aliphatic carbocycles. The monoisotopic (exact) mass is 298 g/mol. The van der Waals surface area contributed by atoms with Gasteiger partial charge in [0.05, 0.1) is 5.60 Å². The summed E-state index contributed by atoms with van der Waals surface area (Å²) in [6.45, 7) is 4.99. The Morgan fingerprint density at radius 2 is 2.19 bits per heavy atom. The lowest BCUT2D eigenvalue weighted by molar-refractivity contribution is 0.0170. The Morgan fingerprint density at radius 1 is 1.48 bits per heavy atom. The van der Waals surface area contributed by atoms with Gasteiger partial charge < -0.3 is 20.5 Å². The van der Waals surface area contributed by atoms with Crippen LogP contribution in [0.15, 0.2) is 24.3 Å². The molecule has 3 N–H and O–H groups in total. The summed E-state index contributed by atoms with van der Waals surface area (Å²) in [5.74, 6) is 0.509. The van der Waals surface area contributed by atoms with Crippen LogP contribution in [0.1, 0.15) is 20.8 Å². The summed E-state index contributed by atoms with van der Waals surface area (Å²) in [4.78, 5) is 11.8. The summed E-state index contributed by atoms with van der Waals surface area (Å²) in [5.41, 5.74) is -0.434. The van der Waals surface area contributed by atoms with Crippen LogP contribution in [0.4, 0.5) is 14.9 Å². The molecule has 0 radical (unpaired) electrons. The van der Waals surface area contributed by atoms with Crippen molar-refractivity contribution in [2.75, 3.05) is 25.1 Å². The second kappa shape index (κ2) is 7.83. The van der Waals surface area contributed by atoms with E-state index < -0.39 is 18.3 Å². The number of hydrogen-bond donors (Lipinski definition) is 3.